The third kappa shape index (κ3) is 4.97. The highest BCUT2D eigenvalue weighted by molar-refractivity contribution is 9.10. The van der Waals surface area contributed by atoms with Gasteiger partial charge in [0.15, 0.2) is 0 Å². The molecule has 0 unspecified atom stereocenters. The van der Waals surface area contributed by atoms with Crippen molar-refractivity contribution in [3.8, 4) is 5.75 Å². The van der Waals surface area contributed by atoms with Crippen molar-refractivity contribution >= 4 is 34.0 Å². The zero-order valence-electron chi connectivity index (χ0n) is 10.6. The van der Waals surface area contributed by atoms with E-state index in [1.807, 2.05) is 0 Å². The van der Waals surface area contributed by atoms with Crippen molar-refractivity contribution in [3.63, 3.8) is 0 Å². The van der Waals surface area contributed by atoms with E-state index in [0.29, 0.717) is 16.5 Å². The van der Waals surface area contributed by atoms with Gasteiger partial charge in [0, 0.05) is 23.7 Å². The first-order valence-corrected chi connectivity index (χ1v) is 6.69. The van der Waals surface area contributed by atoms with Crippen LogP contribution in [0.4, 0.5) is 5.69 Å². The normalized spacial score (nSPS) is 11.7. The average molecular weight is 354 g/mol. The molecule has 0 heterocycles. The number of phenols is 1. The predicted molar refractivity (Wildman–Crippen MR) is 80.8 cm³/mol. The Morgan fingerprint density at radius 3 is 2.63 bits per heavy atom. The Balaban J connectivity index is 0.00000324. The minimum atomic E-state index is -0.494. The summed E-state index contributed by atoms with van der Waals surface area (Å²) in [5.74, 6) is -0.00963. The summed E-state index contributed by atoms with van der Waals surface area (Å²) < 4.78 is 0.303. The number of unbranched alkanes of at least 4 members (excludes halogenated alkanes) is 2. The van der Waals surface area contributed by atoms with E-state index in [2.05, 4.69) is 22.9 Å². The van der Waals surface area contributed by atoms with Crippen LogP contribution in [0.1, 0.15) is 44.2 Å². The number of rotatable bonds is 6. The van der Waals surface area contributed by atoms with Crippen molar-refractivity contribution in [3.05, 3.63) is 32.3 Å². The van der Waals surface area contributed by atoms with Crippen molar-refractivity contribution < 1.29 is 10.0 Å². The Bertz CT molecular complexity index is 443. The lowest BCUT2D eigenvalue weighted by atomic mass is 10.00. The van der Waals surface area contributed by atoms with Crippen LogP contribution in [0.5, 0.6) is 5.75 Å². The second kappa shape index (κ2) is 8.35. The van der Waals surface area contributed by atoms with Crippen molar-refractivity contribution in [2.45, 2.75) is 38.6 Å². The summed E-state index contributed by atoms with van der Waals surface area (Å²) in [5.41, 5.74) is 6.33. The minimum absolute atomic E-state index is 0. The molecule has 1 rings (SSSR count). The standard InChI is InChI=1S/C12H17BrN2O3.ClH/c1-2-3-4-5-11(14)9-6-8(15(17)18)7-10(13)12(9)16;/h6-7,11,16H,2-5,14H2,1H3;1H/t11-;/m1./s1. The Morgan fingerprint density at radius 1 is 1.47 bits per heavy atom. The van der Waals surface area contributed by atoms with Gasteiger partial charge in [0.05, 0.1) is 9.40 Å². The van der Waals surface area contributed by atoms with Crippen molar-refractivity contribution in [2.75, 3.05) is 0 Å². The summed E-state index contributed by atoms with van der Waals surface area (Å²) in [6.07, 6.45) is 3.79. The van der Waals surface area contributed by atoms with E-state index >= 15 is 0 Å². The number of hydrogen-bond acceptors (Lipinski definition) is 4. The molecule has 0 bridgehead atoms. The molecule has 1 aromatic rings. The fourth-order valence-electron chi connectivity index (χ4n) is 1.76. The van der Waals surface area contributed by atoms with Crippen molar-refractivity contribution in [1.29, 1.82) is 0 Å². The highest BCUT2D eigenvalue weighted by Gasteiger charge is 2.19. The second-order valence-electron chi connectivity index (χ2n) is 4.22. The van der Waals surface area contributed by atoms with Gasteiger partial charge in [-0.3, -0.25) is 10.1 Å². The van der Waals surface area contributed by atoms with E-state index < -0.39 is 4.92 Å². The Kier molecular flexibility index (Phi) is 7.97. The van der Waals surface area contributed by atoms with Gasteiger partial charge in [0.1, 0.15) is 5.75 Å². The largest absolute Gasteiger partial charge is 0.506 e. The summed E-state index contributed by atoms with van der Waals surface area (Å²) in [7, 11) is 0. The van der Waals surface area contributed by atoms with Crippen LogP contribution in [0, 0.1) is 10.1 Å². The number of hydrogen-bond donors (Lipinski definition) is 2. The average Bonchev–Trinajstić information content (AvgIpc) is 2.32. The van der Waals surface area contributed by atoms with Gasteiger partial charge in [-0.25, -0.2) is 0 Å². The highest BCUT2D eigenvalue weighted by atomic mass is 79.9. The molecule has 0 spiro atoms. The lowest BCUT2D eigenvalue weighted by molar-refractivity contribution is -0.385. The molecule has 0 aliphatic rings. The van der Waals surface area contributed by atoms with Crippen LogP contribution >= 0.6 is 28.3 Å². The number of nitrogens with two attached hydrogens (primary N) is 1. The number of halogens is 2. The molecule has 5 nitrogen and oxygen atoms in total. The van der Waals surface area contributed by atoms with E-state index in [9.17, 15) is 15.2 Å². The highest BCUT2D eigenvalue weighted by Crippen LogP contribution is 2.36. The smallest absolute Gasteiger partial charge is 0.271 e. The Morgan fingerprint density at radius 2 is 2.11 bits per heavy atom. The number of aromatic hydroxyl groups is 1. The number of phenolic OH excluding ortho intramolecular Hbond substituents is 1. The van der Waals surface area contributed by atoms with Crippen LogP contribution in [0.3, 0.4) is 0 Å². The number of non-ortho nitro benzene ring substituents is 1. The number of nitrogens with zero attached hydrogens (tertiary/aromatic N) is 1. The molecule has 3 N–H and O–H groups in total. The van der Waals surface area contributed by atoms with Crippen LogP contribution in [0.15, 0.2) is 16.6 Å². The lowest BCUT2D eigenvalue weighted by Gasteiger charge is -2.14. The van der Waals surface area contributed by atoms with Crippen LogP contribution in [-0.4, -0.2) is 10.0 Å². The molecule has 7 heteroatoms. The topological polar surface area (TPSA) is 89.4 Å². The zero-order valence-corrected chi connectivity index (χ0v) is 13.0. The van der Waals surface area contributed by atoms with Crippen molar-refractivity contribution in [2.24, 2.45) is 5.73 Å². The number of nitro groups is 1. The quantitative estimate of drug-likeness (QED) is 0.458. The van der Waals surface area contributed by atoms with Gasteiger partial charge in [-0.05, 0) is 22.4 Å². The Hall–Kier alpha value is -0.850. The van der Waals surface area contributed by atoms with Gasteiger partial charge in [0.2, 0.25) is 0 Å². The van der Waals surface area contributed by atoms with Crippen molar-refractivity contribution in [1.82, 2.24) is 0 Å². The van der Waals surface area contributed by atoms with E-state index in [-0.39, 0.29) is 29.9 Å². The molecule has 0 fully saturated rings. The van der Waals surface area contributed by atoms with Gasteiger partial charge >= 0.3 is 0 Å². The van der Waals surface area contributed by atoms with Gasteiger partial charge in [-0.15, -0.1) is 12.4 Å². The molecule has 1 atom stereocenters. The monoisotopic (exact) mass is 352 g/mol. The lowest BCUT2D eigenvalue weighted by Crippen LogP contribution is -2.11. The van der Waals surface area contributed by atoms with Crippen LogP contribution in [0.25, 0.3) is 0 Å². The van der Waals surface area contributed by atoms with Gasteiger partial charge in [0.25, 0.3) is 5.69 Å². The molecule has 1 aromatic carbocycles. The van der Waals surface area contributed by atoms with E-state index in [0.717, 1.165) is 19.3 Å². The van der Waals surface area contributed by atoms with Gasteiger partial charge in [-0.2, -0.15) is 0 Å². The van der Waals surface area contributed by atoms with Crippen LogP contribution in [-0.2, 0) is 0 Å². The van der Waals surface area contributed by atoms with Gasteiger partial charge in [-0.1, -0.05) is 26.2 Å². The molecule has 19 heavy (non-hydrogen) atoms. The molecule has 0 radical (unpaired) electrons. The summed E-state index contributed by atoms with van der Waals surface area (Å²) in [5, 5.41) is 20.6. The summed E-state index contributed by atoms with van der Waals surface area (Å²) in [4.78, 5) is 10.3. The van der Waals surface area contributed by atoms with E-state index in [1.165, 1.54) is 12.1 Å². The molecule has 108 valence electrons. The van der Waals surface area contributed by atoms with Gasteiger partial charge < -0.3 is 10.8 Å². The molecule has 0 aliphatic heterocycles. The molecule has 0 aliphatic carbocycles. The first kappa shape index (κ1) is 18.1. The number of benzene rings is 1. The van der Waals surface area contributed by atoms with E-state index in [1.54, 1.807) is 0 Å². The minimum Gasteiger partial charge on any atom is -0.506 e. The summed E-state index contributed by atoms with van der Waals surface area (Å²) >= 11 is 3.11. The third-order valence-corrected chi connectivity index (χ3v) is 3.41. The number of nitro benzene ring substituents is 1. The predicted octanol–water partition coefficient (Wildman–Crippen LogP) is 4.06. The Labute approximate surface area is 126 Å². The summed E-state index contributed by atoms with van der Waals surface area (Å²) in [6, 6.07) is 2.24. The molecule has 0 aromatic heterocycles. The fourth-order valence-corrected chi connectivity index (χ4v) is 2.23. The first-order valence-electron chi connectivity index (χ1n) is 5.89. The first-order chi connectivity index (χ1) is 8.47. The molecular formula is C12H18BrClN2O3. The maximum atomic E-state index is 10.8. The van der Waals surface area contributed by atoms with Crippen LogP contribution in [0.2, 0.25) is 0 Å². The maximum absolute atomic E-state index is 10.8. The molecule has 0 amide bonds. The third-order valence-electron chi connectivity index (χ3n) is 2.81. The maximum Gasteiger partial charge on any atom is 0.271 e. The zero-order chi connectivity index (χ0) is 13.7. The molecular weight excluding hydrogens is 336 g/mol. The fraction of sp³-hybridized carbons (Fsp3) is 0.500. The van der Waals surface area contributed by atoms with E-state index in [4.69, 9.17) is 5.73 Å². The second-order valence-corrected chi connectivity index (χ2v) is 5.08. The van der Waals surface area contributed by atoms with Crippen LogP contribution < -0.4 is 5.73 Å². The molecule has 0 saturated heterocycles. The SMILES string of the molecule is CCCCC[C@@H](N)c1cc([N+](=O)[O-])cc(Br)c1O.Cl. The molecule has 0 saturated carbocycles. The summed E-state index contributed by atoms with van der Waals surface area (Å²) in [6.45, 7) is 2.09.